The van der Waals surface area contributed by atoms with E-state index >= 15 is 0 Å². The van der Waals surface area contributed by atoms with Gasteiger partial charge in [0.25, 0.3) is 0 Å². The van der Waals surface area contributed by atoms with E-state index < -0.39 is 6.04 Å². The van der Waals surface area contributed by atoms with Crippen molar-refractivity contribution in [2.45, 2.75) is 78.4 Å². The van der Waals surface area contributed by atoms with Crippen molar-refractivity contribution >= 4 is 35.0 Å². The van der Waals surface area contributed by atoms with Gasteiger partial charge in [-0.2, -0.15) is 0 Å². The zero-order valence-electron chi connectivity index (χ0n) is 19.6. The number of nitrogens with one attached hydrogen (secondary N) is 1. The number of rotatable bonds is 10. The molecule has 0 saturated carbocycles. The Balaban J connectivity index is 2.22. The van der Waals surface area contributed by atoms with Crippen molar-refractivity contribution in [3.05, 3.63) is 69.2 Å². The van der Waals surface area contributed by atoms with Crippen LogP contribution in [0.1, 0.15) is 70.1 Å². The predicted octanol–water partition coefficient (Wildman–Crippen LogP) is 6.38. The molecule has 174 valence electrons. The molecule has 6 heteroatoms. The molecular weight excluding hydrogens is 443 g/mol. The van der Waals surface area contributed by atoms with Gasteiger partial charge < -0.3 is 10.2 Å². The van der Waals surface area contributed by atoms with Gasteiger partial charge in [0.2, 0.25) is 11.8 Å². The summed E-state index contributed by atoms with van der Waals surface area (Å²) in [5, 5.41) is 3.96. The number of nitrogens with zero attached hydrogens (tertiary/aromatic N) is 1. The summed E-state index contributed by atoms with van der Waals surface area (Å²) in [5.74, 6) is 0.243. The fourth-order valence-corrected chi connectivity index (χ4v) is 4.07. The van der Waals surface area contributed by atoms with Gasteiger partial charge in [-0.15, -0.1) is 0 Å². The van der Waals surface area contributed by atoms with Crippen LogP contribution in [0.25, 0.3) is 0 Å². The molecule has 0 bridgehead atoms. The zero-order chi connectivity index (χ0) is 23.8. The number of benzene rings is 2. The quantitative estimate of drug-likeness (QED) is 0.432. The first-order valence-corrected chi connectivity index (χ1v) is 12.0. The van der Waals surface area contributed by atoms with E-state index in [2.05, 4.69) is 43.4 Å². The summed E-state index contributed by atoms with van der Waals surface area (Å²) >= 11 is 12.4. The molecule has 0 aromatic heterocycles. The molecule has 2 amide bonds. The molecule has 0 aliphatic carbocycles. The fraction of sp³-hybridized carbons (Fsp3) is 0.462. The minimum atomic E-state index is -0.569. The first-order valence-electron chi connectivity index (χ1n) is 11.2. The highest BCUT2D eigenvalue weighted by Crippen LogP contribution is 2.24. The first kappa shape index (κ1) is 26.2. The lowest BCUT2D eigenvalue weighted by molar-refractivity contribution is -0.141. The standard InChI is InChI=1S/C26H34Cl2N2O2/c1-6-24(26(32)29-18(4)5)30(16-21-12-13-22(27)15-23(21)28)25(31)14-9-19-7-10-20(11-8-19)17(2)3/h7-8,10-13,15,17-18,24H,6,9,14,16H2,1-5H3,(H,29,32)/t24-/m1/s1. The number of amides is 2. The van der Waals surface area contributed by atoms with Crippen LogP contribution in [0.4, 0.5) is 0 Å². The highest BCUT2D eigenvalue weighted by atomic mass is 35.5. The molecule has 32 heavy (non-hydrogen) atoms. The van der Waals surface area contributed by atoms with Gasteiger partial charge >= 0.3 is 0 Å². The van der Waals surface area contributed by atoms with Crippen LogP contribution in [0.15, 0.2) is 42.5 Å². The number of hydrogen-bond acceptors (Lipinski definition) is 2. The van der Waals surface area contributed by atoms with Crippen molar-refractivity contribution in [1.29, 1.82) is 0 Å². The van der Waals surface area contributed by atoms with Crippen molar-refractivity contribution in [1.82, 2.24) is 10.2 Å². The third-order valence-electron chi connectivity index (χ3n) is 5.45. The van der Waals surface area contributed by atoms with Crippen molar-refractivity contribution in [2.75, 3.05) is 0 Å². The number of hydrogen-bond donors (Lipinski definition) is 1. The van der Waals surface area contributed by atoms with Crippen LogP contribution in [0.5, 0.6) is 0 Å². The van der Waals surface area contributed by atoms with Gasteiger partial charge in [0.1, 0.15) is 6.04 Å². The zero-order valence-corrected chi connectivity index (χ0v) is 21.1. The third kappa shape index (κ3) is 7.53. The minimum absolute atomic E-state index is 0.00732. The van der Waals surface area contributed by atoms with Crippen molar-refractivity contribution in [3.8, 4) is 0 Å². The predicted molar refractivity (Wildman–Crippen MR) is 133 cm³/mol. The average Bonchev–Trinajstić information content (AvgIpc) is 2.73. The summed E-state index contributed by atoms with van der Waals surface area (Å²) < 4.78 is 0. The van der Waals surface area contributed by atoms with Gasteiger partial charge in [0.15, 0.2) is 0 Å². The lowest BCUT2D eigenvalue weighted by Gasteiger charge is -2.31. The van der Waals surface area contributed by atoms with Crippen LogP contribution >= 0.6 is 23.2 Å². The third-order valence-corrected chi connectivity index (χ3v) is 6.03. The van der Waals surface area contributed by atoms with Gasteiger partial charge in [0.05, 0.1) is 0 Å². The van der Waals surface area contributed by atoms with Crippen LogP contribution in [-0.4, -0.2) is 28.8 Å². The molecule has 0 unspecified atom stereocenters. The molecule has 0 fully saturated rings. The Morgan fingerprint density at radius 1 is 1.00 bits per heavy atom. The van der Waals surface area contributed by atoms with E-state index in [4.69, 9.17) is 23.2 Å². The molecule has 2 aromatic carbocycles. The summed E-state index contributed by atoms with van der Waals surface area (Å²) in [7, 11) is 0. The molecule has 0 saturated heterocycles. The summed E-state index contributed by atoms with van der Waals surface area (Å²) in [5.41, 5.74) is 3.14. The minimum Gasteiger partial charge on any atom is -0.352 e. The van der Waals surface area contributed by atoms with E-state index in [1.807, 2.05) is 26.8 Å². The number of aryl methyl sites for hydroxylation is 1. The van der Waals surface area contributed by atoms with E-state index in [0.717, 1.165) is 11.1 Å². The molecule has 0 aliphatic heterocycles. The topological polar surface area (TPSA) is 49.4 Å². The second-order valence-electron chi connectivity index (χ2n) is 8.74. The summed E-state index contributed by atoms with van der Waals surface area (Å²) in [6, 6.07) is 13.0. The van der Waals surface area contributed by atoms with Crippen molar-refractivity contribution < 1.29 is 9.59 Å². The second-order valence-corrected chi connectivity index (χ2v) is 9.58. The Bertz CT molecular complexity index is 911. The van der Waals surface area contributed by atoms with Crippen LogP contribution in [0.2, 0.25) is 10.0 Å². The van der Waals surface area contributed by atoms with E-state index in [1.54, 1.807) is 17.0 Å². The largest absolute Gasteiger partial charge is 0.352 e. The van der Waals surface area contributed by atoms with Crippen molar-refractivity contribution in [3.63, 3.8) is 0 Å². The maximum atomic E-state index is 13.3. The van der Waals surface area contributed by atoms with Gasteiger partial charge in [-0.3, -0.25) is 9.59 Å². The smallest absolute Gasteiger partial charge is 0.243 e. The number of halogens is 2. The summed E-state index contributed by atoms with van der Waals surface area (Å²) in [4.78, 5) is 27.9. The second kappa shape index (κ2) is 12.3. The van der Waals surface area contributed by atoms with Crippen LogP contribution in [0.3, 0.4) is 0 Å². The highest BCUT2D eigenvalue weighted by molar-refractivity contribution is 6.35. The molecule has 0 spiro atoms. The van der Waals surface area contributed by atoms with Gasteiger partial charge in [-0.1, -0.05) is 74.3 Å². The van der Waals surface area contributed by atoms with Gasteiger partial charge in [-0.25, -0.2) is 0 Å². The maximum Gasteiger partial charge on any atom is 0.243 e. The number of carbonyl (C=O) groups is 2. The average molecular weight is 477 g/mol. The Labute approximate surface area is 202 Å². The van der Waals surface area contributed by atoms with Crippen LogP contribution < -0.4 is 5.32 Å². The summed E-state index contributed by atoms with van der Waals surface area (Å²) in [6.45, 7) is 10.3. The fourth-order valence-electron chi connectivity index (χ4n) is 3.60. The Morgan fingerprint density at radius 3 is 2.19 bits per heavy atom. The van der Waals surface area contributed by atoms with Crippen LogP contribution in [-0.2, 0) is 22.6 Å². The Hall–Kier alpha value is -2.04. The Morgan fingerprint density at radius 2 is 1.66 bits per heavy atom. The van der Waals surface area contributed by atoms with E-state index in [9.17, 15) is 9.59 Å². The van der Waals surface area contributed by atoms with Gasteiger partial charge in [-0.05, 0) is 61.4 Å². The lowest BCUT2D eigenvalue weighted by atomic mass is 10.00. The number of carbonyl (C=O) groups excluding carboxylic acids is 2. The molecule has 2 aromatic rings. The summed E-state index contributed by atoms with van der Waals surface area (Å²) in [6.07, 6.45) is 1.45. The molecule has 0 radical (unpaired) electrons. The molecular formula is C26H34Cl2N2O2. The maximum absolute atomic E-state index is 13.3. The van der Waals surface area contributed by atoms with E-state index in [0.29, 0.717) is 35.2 Å². The molecule has 1 atom stereocenters. The normalized spacial score (nSPS) is 12.2. The van der Waals surface area contributed by atoms with Gasteiger partial charge in [0, 0.05) is 29.1 Å². The van der Waals surface area contributed by atoms with Crippen molar-refractivity contribution in [2.24, 2.45) is 0 Å². The van der Waals surface area contributed by atoms with E-state index in [1.165, 1.54) is 5.56 Å². The molecule has 2 rings (SSSR count). The SMILES string of the molecule is CC[C@H](C(=O)NC(C)C)N(Cc1ccc(Cl)cc1Cl)C(=O)CCc1ccc(C(C)C)cc1. The molecule has 0 aliphatic rings. The lowest BCUT2D eigenvalue weighted by Crippen LogP contribution is -2.50. The van der Waals surface area contributed by atoms with E-state index in [-0.39, 0.29) is 24.4 Å². The highest BCUT2D eigenvalue weighted by Gasteiger charge is 2.29. The Kier molecular flexibility index (Phi) is 10.0. The first-order chi connectivity index (χ1) is 15.1. The monoisotopic (exact) mass is 476 g/mol. The van der Waals surface area contributed by atoms with Crippen LogP contribution in [0, 0.1) is 0 Å². The molecule has 0 heterocycles. The molecule has 1 N–H and O–H groups in total. The molecule has 4 nitrogen and oxygen atoms in total.